The van der Waals surface area contributed by atoms with E-state index in [2.05, 4.69) is 203 Å². The highest BCUT2D eigenvalue weighted by molar-refractivity contribution is 6.11. The summed E-state index contributed by atoms with van der Waals surface area (Å²) >= 11 is 0. The van der Waals surface area contributed by atoms with Crippen LogP contribution in [-0.2, 0) is 0 Å². The molecule has 9 aromatic carbocycles. The van der Waals surface area contributed by atoms with Gasteiger partial charge in [0, 0.05) is 32.9 Å². The summed E-state index contributed by atoms with van der Waals surface area (Å²) < 4.78 is 4.83. The second-order valence-electron chi connectivity index (χ2n) is 13.8. The molecule has 0 bridgehead atoms. The van der Waals surface area contributed by atoms with Crippen molar-refractivity contribution in [3.05, 3.63) is 194 Å². The molecule has 0 aliphatic carbocycles. The number of para-hydroxylation sites is 2. The molecule has 2 nitrogen and oxygen atoms in total. The predicted octanol–water partition coefficient (Wildman–Crippen LogP) is 13.5. The fourth-order valence-electron chi connectivity index (χ4n) is 8.34. The molecule has 0 radical (unpaired) electrons. The maximum atomic E-state index is 2.42. The average Bonchev–Trinajstić information content (AvgIpc) is 3.72. The van der Waals surface area contributed by atoms with Crippen molar-refractivity contribution >= 4 is 65.2 Å². The highest BCUT2D eigenvalue weighted by Gasteiger charge is 2.16. The maximum Gasteiger partial charge on any atom is 0.0547 e. The molecule has 2 heteroatoms. The van der Waals surface area contributed by atoms with Gasteiger partial charge in [0.1, 0.15) is 0 Å². The number of aromatic nitrogens is 2. The van der Waals surface area contributed by atoms with E-state index in [9.17, 15) is 0 Å². The van der Waals surface area contributed by atoms with Gasteiger partial charge in [0.2, 0.25) is 0 Å². The fourth-order valence-corrected chi connectivity index (χ4v) is 8.34. The second kappa shape index (κ2) is 11.3. The lowest BCUT2D eigenvalue weighted by atomic mass is 9.98. The first-order valence-corrected chi connectivity index (χ1v) is 17.9. The summed E-state index contributed by atoms with van der Waals surface area (Å²) in [5.41, 5.74) is 12.0. The molecule has 2 heterocycles. The SMILES string of the molecule is c1ccc2cc(-n3c4ccccc4c4ccc(-c5ccc(-c6ccc7c8ccccc8n(-c8ccc9ccccc9c8)c7c6)cc5)cc43)ccc2c1. The molecule has 52 heavy (non-hydrogen) atoms. The van der Waals surface area contributed by atoms with E-state index in [0.29, 0.717) is 0 Å². The Labute approximate surface area is 301 Å². The van der Waals surface area contributed by atoms with Crippen molar-refractivity contribution in [2.75, 3.05) is 0 Å². The number of benzene rings is 9. The van der Waals surface area contributed by atoms with Crippen LogP contribution in [0.5, 0.6) is 0 Å². The Bertz CT molecular complexity index is 2960. The molecule has 2 aromatic heterocycles. The molecule has 0 unspecified atom stereocenters. The molecule has 0 fully saturated rings. The van der Waals surface area contributed by atoms with Gasteiger partial charge in [0.25, 0.3) is 0 Å². The van der Waals surface area contributed by atoms with Crippen LogP contribution in [0, 0.1) is 0 Å². The highest BCUT2D eigenvalue weighted by Crippen LogP contribution is 2.38. The minimum absolute atomic E-state index is 1.17. The molecule has 0 aliphatic heterocycles. The van der Waals surface area contributed by atoms with Gasteiger partial charge in [0.15, 0.2) is 0 Å². The van der Waals surface area contributed by atoms with E-state index in [4.69, 9.17) is 0 Å². The molecule has 0 aliphatic rings. The lowest BCUT2D eigenvalue weighted by Gasteiger charge is -2.11. The van der Waals surface area contributed by atoms with Crippen LogP contribution in [0.2, 0.25) is 0 Å². The minimum atomic E-state index is 1.17. The first-order valence-electron chi connectivity index (χ1n) is 17.9. The smallest absolute Gasteiger partial charge is 0.0547 e. The average molecular weight is 661 g/mol. The van der Waals surface area contributed by atoms with Gasteiger partial charge >= 0.3 is 0 Å². The summed E-state index contributed by atoms with van der Waals surface area (Å²) in [5.74, 6) is 0. The number of rotatable bonds is 4. The number of hydrogen-bond acceptors (Lipinski definition) is 0. The zero-order valence-corrected chi connectivity index (χ0v) is 28.4. The quantitative estimate of drug-likeness (QED) is 0.178. The fraction of sp³-hybridized carbons (Fsp3) is 0. The summed E-state index contributed by atoms with van der Waals surface area (Å²) in [6, 6.07) is 71.1. The first-order chi connectivity index (χ1) is 25.8. The Morgan fingerprint density at radius 2 is 0.596 bits per heavy atom. The molecule has 11 rings (SSSR count). The summed E-state index contributed by atoms with van der Waals surface area (Å²) in [6.07, 6.45) is 0. The van der Waals surface area contributed by atoms with E-state index in [0.717, 1.165) is 0 Å². The molecular weight excluding hydrogens is 629 g/mol. The van der Waals surface area contributed by atoms with E-state index in [-0.39, 0.29) is 0 Å². The van der Waals surface area contributed by atoms with Gasteiger partial charge < -0.3 is 9.13 Å². The molecule has 0 N–H and O–H groups in total. The van der Waals surface area contributed by atoms with Crippen LogP contribution >= 0.6 is 0 Å². The number of hydrogen-bond donors (Lipinski definition) is 0. The van der Waals surface area contributed by atoms with E-state index < -0.39 is 0 Å². The monoisotopic (exact) mass is 660 g/mol. The third-order valence-electron chi connectivity index (χ3n) is 10.9. The Hall–Kier alpha value is -6.90. The van der Waals surface area contributed by atoms with Crippen LogP contribution in [0.3, 0.4) is 0 Å². The summed E-state index contributed by atoms with van der Waals surface area (Å²) in [4.78, 5) is 0. The van der Waals surface area contributed by atoms with Crippen LogP contribution in [0.1, 0.15) is 0 Å². The van der Waals surface area contributed by atoms with Crippen molar-refractivity contribution in [3.63, 3.8) is 0 Å². The summed E-state index contributed by atoms with van der Waals surface area (Å²) in [5, 5.41) is 10.1. The molecule has 242 valence electrons. The van der Waals surface area contributed by atoms with Crippen LogP contribution in [-0.4, -0.2) is 9.13 Å². The molecule has 0 spiro atoms. The van der Waals surface area contributed by atoms with Crippen LogP contribution in [0.15, 0.2) is 194 Å². The molecule has 0 atom stereocenters. The van der Waals surface area contributed by atoms with Crippen molar-refractivity contribution in [1.29, 1.82) is 0 Å². The molecule has 0 saturated heterocycles. The maximum absolute atomic E-state index is 2.42. The van der Waals surface area contributed by atoms with Gasteiger partial charge in [-0.3, -0.25) is 0 Å². The van der Waals surface area contributed by atoms with Crippen LogP contribution in [0.4, 0.5) is 0 Å². The largest absolute Gasteiger partial charge is 0.309 e. The molecule has 0 amide bonds. The highest BCUT2D eigenvalue weighted by atomic mass is 15.0. The third-order valence-corrected chi connectivity index (χ3v) is 10.9. The van der Waals surface area contributed by atoms with Crippen molar-refractivity contribution in [2.24, 2.45) is 0 Å². The standard InChI is InChI=1S/C50H32N2/c1-3-11-37-29-41(25-21-33(37)9-1)51-47-15-7-5-13-43(47)45-27-23-39(31-49(45)51)35-17-19-36(20-18-35)40-24-28-46-44-14-6-8-16-48(44)52(50(46)32-40)42-26-22-34-10-2-4-12-38(34)30-42/h1-32H. The Morgan fingerprint density at radius 3 is 1.06 bits per heavy atom. The Morgan fingerprint density at radius 1 is 0.231 bits per heavy atom. The van der Waals surface area contributed by atoms with Crippen molar-refractivity contribution in [2.45, 2.75) is 0 Å². The third kappa shape index (κ3) is 4.44. The van der Waals surface area contributed by atoms with E-state index in [1.54, 1.807) is 0 Å². The van der Waals surface area contributed by atoms with Gasteiger partial charge in [-0.25, -0.2) is 0 Å². The van der Waals surface area contributed by atoms with Gasteiger partial charge in [-0.05, 0) is 92.3 Å². The Kier molecular flexibility index (Phi) is 6.28. The summed E-state index contributed by atoms with van der Waals surface area (Å²) in [7, 11) is 0. The van der Waals surface area contributed by atoms with Gasteiger partial charge in [0.05, 0.1) is 22.1 Å². The van der Waals surface area contributed by atoms with Gasteiger partial charge in [-0.15, -0.1) is 0 Å². The van der Waals surface area contributed by atoms with Crippen molar-refractivity contribution in [3.8, 4) is 33.6 Å². The van der Waals surface area contributed by atoms with Crippen LogP contribution < -0.4 is 0 Å². The normalized spacial score (nSPS) is 11.8. The Balaban J connectivity index is 1.02. The summed E-state index contributed by atoms with van der Waals surface area (Å²) in [6.45, 7) is 0. The van der Waals surface area contributed by atoms with E-state index >= 15 is 0 Å². The lowest BCUT2D eigenvalue weighted by Crippen LogP contribution is -1.94. The second-order valence-corrected chi connectivity index (χ2v) is 13.8. The minimum Gasteiger partial charge on any atom is -0.309 e. The topological polar surface area (TPSA) is 9.86 Å². The van der Waals surface area contributed by atoms with Gasteiger partial charge in [-0.2, -0.15) is 0 Å². The number of nitrogens with zero attached hydrogens (tertiary/aromatic N) is 2. The zero-order valence-electron chi connectivity index (χ0n) is 28.4. The molecule has 0 saturated carbocycles. The predicted molar refractivity (Wildman–Crippen MR) is 221 cm³/mol. The van der Waals surface area contributed by atoms with E-state index in [1.807, 2.05) is 0 Å². The van der Waals surface area contributed by atoms with Crippen molar-refractivity contribution < 1.29 is 0 Å². The first kappa shape index (κ1) is 28.9. The van der Waals surface area contributed by atoms with Gasteiger partial charge in [-0.1, -0.05) is 146 Å². The number of fused-ring (bicyclic) bond motifs is 8. The van der Waals surface area contributed by atoms with Crippen molar-refractivity contribution in [1.82, 2.24) is 9.13 Å². The lowest BCUT2D eigenvalue weighted by molar-refractivity contribution is 1.19. The van der Waals surface area contributed by atoms with Crippen LogP contribution in [0.25, 0.3) is 98.8 Å². The molecule has 11 aromatic rings. The zero-order chi connectivity index (χ0) is 34.2. The molecular formula is C50H32N2. The van der Waals surface area contributed by atoms with E-state index in [1.165, 1.54) is 98.8 Å².